The maximum absolute atomic E-state index is 9.54. The molecule has 1 atom stereocenters. The summed E-state index contributed by atoms with van der Waals surface area (Å²) in [7, 11) is 0. The highest BCUT2D eigenvalue weighted by molar-refractivity contribution is 4.92. The van der Waals surface area contributed by atoms with Gasteiger partial charge in [0.15, 0.2) is 0 Å². The first-order valence-electron chi connectivity index (χ1n) is 6.84. The SMILES string of the molecule is CCC(CC)(CO)CNC1CCCC1(C)C. The molecular weight excluding hydrogens is 198 g/mol. The van der Waals surface area contributed by atoms with E-state index in [0.717, 1.165) is 19.4 Å². The van der Waals surface area contributed by atoms with Gasteiger partial charge in [-0.25, -0.2) is 0 Å². The van der Waals surface area contributed by atoms with Crippen LogP contribution in [0.15, 0.2) is 0 Å². The minimum atomic E-state index is 0.0959. The van der Waals surface area contributed by atoms with Crippen LogP contribution in [0.3, 0.4) is 0 Å². The minimum Gasteiger partial charge on any atom is -0.396 e. The van der Waals surface area contributed by atoms with Crippen LogP contribution in [-0.2, 0) is 0 Å². The van der Waals surface area contributed by atoms with E-state index in [9.17, 15) is 5.11 Å². The Balaban J connectivity index is 2.49. The van der Waals surface area contributed by atoms with Crippen molar-refractivity contribution in [2.45, 2.75) is 65.8 Å². The highest BCUT2D eigenvalue weighted by Crippen LogP contribution is 2.37. The second-order valence-corrected chi connectivity index (χ2v) is 6.18. The van der Waals surface area contributed by atoms with Crippen molar-refractivity contribution >= 4 is 0 Å². The Labute approximate surface area is 101 Å². The first kappa shape index (κ1) is 14.0. The second-order valence-electron chi connectivity index (χ2n) is 6.18. The molecule has 0 aromatic heterocycles. The Morgan fingerprint density at radius 2 is 1.94 bits per heavy atom. The van der Waals surface area contributed by atoms with E-state index in [4.69, 9.17) is 0 Å². The molecule has 0 aromatic rings. The van der Waals surface area contributed by atoms with Crippen molar-refractivity contribution in [2.24, 2.45) is 10.8 Å². The summed E-state index contributed by atoms with van der Waals surface area (Å²) in [4.78, 5) is 0. The Bertz CT molecular complexity index is 201. The van der Waals surface area contributed by atoms with E-state index in [-0.39, 0.29) is 5.41 Å². The zero-order valence-corrected chi connectivity index (χ0v) is 11.5. The van der Waals surface area contributed by atoms with Gasteiger partial charge in [-0.15, -0.1) is 0 Å². The number of aliphatic hydroxyl groups is 1. The van der Waals surface area contributed by atoms with E-state index >= 15 is 0 Å². The van der Waals surface area contributed by atoms with E-state index in [1.165, 1.54) is 19.3 Å². The van der Waals surface area contributed by atoms with Gasteiger partial charge < -0.3 is 10.4 Å². The molecule has 0 spiro atoms. The zero-order valence-electron chi connectivity index (χ0n) is 11.5. The average Bonchev–Trinajstić information content (AvgIpc) is 2.61. The molecule has 2 N–H and O–H groups in total. The number of aliphatic hydroxyl groups excluding tert-OH is 1. The Kier molecular flexibility index (Phi) is 4.81. The lowest BCUT2D eigenvalue weighted by molar-refractivity contribution is 0.103. The van der Waals surface area contributed by atoms with E-state index in [2.05, 4.69) is 33.0 Å². The van der Waals surface area contributed by atoms with E-state index < -0.39 is 0 Å². The van der Waals surface area contributed by atoms with Crippen molar-refractivity contribution in [1.29, 1.82) is 0 Å². The molecule has 0 heterocycles. The van der Waals surface area contributed by atoms with Gasteiger partial charge in [-0.05, 0) is 31.1 Å². The van der Waals surface area contributed by atoms with Crippen molar-refractivity contribution in [1.82, 2.24) is 5.32 Å². The molecule has 2 nitrogen and oxygen atoms in total. The van der Waals surface area contributed by atoms with E-state index in [0.29, 0.717) is 18.1 Å². The molecule has 0 radical (unpaired) electrons. The highest BCUT2D eigenvalue weighted by Gasteiger charge is 2.35. The van der Waals surface area contributed by atoms with Crippen molar-refractivity contribution in [2.75, 3.05) is 13.2 Å². The van der Waals surface area contributed by atoms with E-state index in [1.807, 2.05) is 0 Å². The summed E-state index contributed by atoms with van der Waals surface area (Å²) in [5, 5.41) is 13.2. The molecule has 16 heavy (non-hydrogen) atoms. The van der Waals surface area contributed by atoms with Crippen LogP contribution in [-0.4, -0.2) is 24.3 Å². The van der Waals surface area contributed by atoms with Crippen LogP contribution in [0.2, 0.25) is 0 Å². The minimum absolute atomic E-state index is 0.0959. The smallest absolute Gasteiger partial charge is 0.0499 e. The Hall–Kier alpha value is -0.0800. The van der Waals surface area contributed by atoms with Crippen LogP contribution in [0.5, 0.6) is 0 Å². The molecule has 1 rings (SSSR count). The first-order valence-corrected chi connectivity index (χ1v) is 6.84. The molecule has 1 unspecified atom stereocenters. The molecule has 1 fully saturated rings. The van der Waals surface area contributed by atoms with Gasteiger partial charge in [0, 0.05) is 24.6 Å². The fourth-order valence-electron chi connectivity index (χ4n) is 2.82. The fraction of sp³-hybridized carbons (Fsp3) is 1.00. The number of nitrogens with one attached hydrogen (secondary N) is 1. The Morgan fingerprint density at radius 3 is 2.31 bits per heavy atom. The lowest BCUT2D eigenvalue weighted by atomic mass is 9.81. The summed E-state index contributed by atoms with van der Waals surface area (Å²) >= 11 is 0. The van der Waals surface area contributed by atoms with Crippen molar-refractivity contribution in [3.63, 3.8) is 0 Å². The van der Waals surface area contributed by atoms with Gasteiger partial charge in [-0.3, -0.25) is 0 Å². The monoisotopic (exact) mass is 227 g/mol. The lowest BCUT2D eigenvalue weighted by Crippen LogP contribution is -2.45. The molecule has 96 valence electrons. The predicted molar refractivity (Wildman–Crippen MR) is 69.5 cm³/mol. The summed E-state index contributed by atoms with van der Waals surface area (Å²) in [6, 6.07) is 0.636. The topological polar surface area (TPSA) is 32.3 Å². The van der Waals surface area contributed by atoms with Crippen molar-refractivity contribution in [3.8, 4) is 0 Å². The molecule has 0 bridgehead atoms. The predicted octanol–water partition coefficient (Wildman–Crippen LogP) is 2.95. The van der Waals surface area contributed by atoms with Crippen LogP contribution in [0, 0.1) is 10.8 Å². The third-order valence-corrected chi connectivity index (χ3v) is 4.82. The molecule has 1 aliphatic carbocycles. The van der Waals surface area contributed by atoms with Gasteiger partial charge in [0.25, 0.3) is 0 Å². The van der Waals surface area contributed by atoms with Gasteiger partial charge in [-0.1, -0.05) is 34.1 Å². The summed E-state index contributed by atoms with van der Waals surface area (Å²) < 4.78 is 0. The molecule has 0 amide bonds. The summed E-state index contributed by atoms with van der Waals surface area (Å²) in [6.45, 7) is 10.3. The zero-order chi connectivity index (χ0) is 12.2. The van der Waals surface area contributed by atoms with Crippen molar-refractivity contribution in [3.05, 3.63) is 0 Å². The summed E-state index contributed by atoms with van der Waals surface area (Å²) in [5.41, 5.74) is 0.529. The summed E-state index contributed by atoms with van der Waals surface area (Å²) in [5.74, 6) is 0. The van der Waals surface area contributed by atoms with Crippen LogP contribution >= 0.6 is 0 Å². The van der Waals surface area contributed by atoms with Crippen LogP contribution in [0.25, 0.3) is 0 Å². The molecule has 0 aromatic carbocycles. The van der Waals surface area contributed by atoms with Gasteiger partial charge in [0.05, 0.1) is 0 Å². The lowest BCUT2D eigenvalue weighted by Gasteiger charge is -2.35. The third kappa shape index (κ3) is 2.98. The molecule has 0 saturated heterocycles. The molecule has 1 saturated carbocycles. The average molecular weight is 227 g/mol. The largest absolute Gasteiger partial charge is 0.396 e. The molecule has 0 aliphatic heterocycles. The maximum atomic E-state index is 9.54. The van der Waals surface area contributed by atoms with Gasteiger partial charge in [0.1, 0.15) is 0 Å². The van der Waals surface area contributed by atoms with Gasteiger partial charge in [0.2, 0.25) is 0 Å². The normalized spacial score (nSPS) is 24.9. The first-order chi connectivity index (χ1) is 7.49. The highest BCUT2D eigenvalue weighted by atomic mass is 16.3. The fourth-order valence-corrected chi connectivity index (χ4v) is 2.82. The van der Waals surface area contributed by atoms with Gasteiger partial charge >= 0.3 is 0 Å². The van der Waals surface area contributed by atoms with Crippen LogP contribution in [0.1, 0.15) is 59.8 Å². The number of hydrogen-bond acceptors (Lipinski definition) is 2. The van der Waals surface area contributed by atoms with E-state index in [1.54, 1.807) is 0 Å². The van der Waals surface area contributed by atoms with Crippen LogP contribution in [0.4, 0.5) is 0 Å². The van der Waals surface area contributed by atoms with Crippen LogP contribution < -0.4 is 5.32 Å². The molecule has 1 aliphatic rings. The summed E-state index contributed by atoms with van der Waals surface area (Å²) in [6.07, 6.45) is 6.08. The quantitative estimate of drug-likeness (QED) is 0.731. The van der Waals surface area contributed by atoms with Crippen molar-refractivity contribution < 1.29 is 5.11 Å². The number of rotatable bonds is 6. The molecule has 2 heteroatoms. The molecular formula is C14H29NO. The maximum Gasteiger partial charge on any atom is 0.0499 e. The second kappa shape index (κ2) is 5.50. The number of hydrogen-bond donors (Lipinski definition) is 2. The van der Waals surface area contributed by atoms with Gasteiger partial charge in [-0.2, -0.15) is 0 Å². The third-order valence-electron chi connectivity index (χ3n) is 4.82. The Morgan fingerprint density at radius 1 is 1.31 bits per heavy atom. The standard InChI is InChI=1S/C14H29NO/c1-5-14(6-2,11-16)10-15-12-8-7-9-13(12,3)4/h12,15-16H,5-11H2,1-4H3.